The van der Waals surface area contributed by atoms with E-state index in [1.165, 1.54) is 0 Å². The Bertz CT molecular complexity index is 628. The molecule has 0 bridgehead atoms. The zero-order chi connectivity index (χ0) is 13.4. The first kappa shape index (κ1) is 12.2. The van der Waals surface area contributed by atoms with Crippen molar-refractivity contribution in [2.45, 2.75) is 26.3 Å². The molecule has 5 heteroatoms. The molecule has 1 aliphatic rings. The van der Waals surface area contributed by atoms with Gasteiger partial charge >= 0.3 is 0 Å². The molecule has 2 aromatic heterocycles. The van der Waals surface area contributed by atoms with Gasteiger partial charge in [-0.25, -0.2) is 5.01 Å². The second-order valence-electron chi connectivity index (χ2n) is 4.56. The number of carbonyl (C=O) groups excluding carboxylic acids is 1. The summed E-state index contributed by atoms with van der Waals surface area (Å²) in [6, 6.07) is 7.85. The Morgan fingerprint density at radius 1 is 1.47 bits per heavy atom. The van der Waals surface area contributed by atoms with Crippen molar-refractivity contribution in [2.24, 2.45) is 5.10 Å². The summed E-state index contributed by atoms with van der Waals surface area (Å²) in [5.41, 5.74) is 0.835. The standard InChI is InChI=1S/C14H14N2O2S/c1-9-5-6-13(18-9)11-8-12(14-4-3-7-19-14)16(15-11)10(2)17/h3-7,12H,8H2,1-2H3. The van der Waals surface area contributed by atoms with Crippen molar-refractivity contribution >= 4 is 23.0 Å². The summed E-state index contributed by atoms with van der Waals surface area (Å²) in [5, 5.41) is 7.99. The molecule has 3 heterocycles. The average Bonchev–Trinajstić information content (AvgIpc) is 3.07. The fourth-order valence-electron chi connectivity index (χ4n) is 2.24. The lowest BCUT2D eigenvalue weighted by Gasteiger charge is -2.18. The lowest BCUT2D eigenvalue weighted by atomic mass is 10.1. The van der Waals surface area contributed by atoms with Crippen molar-refractivity contribution < 1.29 is 9.21 Å². The molecule has 2 aromatic rings. The Morgan fingerprint density at radius 2 is 2.32 bits per heavy atom. The van der Waals surface area contributed by atoms with E-state index < -0.39 is 0 Å². The second kappa shape index (κ2) is 4.66. The number of amides is 1. The van der Waals surface area contributed by atoms with Gasteiger partial charge in [-0.05, 0) is 30.5 Å². The Morgan fingerprint density at radius 3 is 2.89 bits per heavy atom. The molecule has 19 heavy (non-hydrogen) atoms. The van der Waals surface area contributed by atoms with Crippen LogP contribution in [0.2, 0.25) is 0 Å². The number of rotatable bonds is 2. The van der Waals surface area contributed by atoms with Crippen molar-refractivity contribution in [3.8, 4) is 0 Å². The van der Waals surface area contributed by atoms with E-state index in [4.69, 9.17) is 4.42 Å². The Balaban J connectivity index is 1.93. The normalized spacial score (nSPS) is 18.7. The topological polar surface area (TPSA) is 45.8 Å². The first-order valence-electron chi connectivity index (χ1n) is 6.12. The second-order valence-corrected chi connectivity index (χ2v) is 5.54. The molecule has 0 radical (unpaired) electrons. The number of aryl methyl sites for hydroxylation is 1. The summed E-state index contributed by atoms with van der Waals surface area (Å²) < 4.78 is 5.60. The van der Waals surface area contributed by atoms with Crippen molar-refractivity contribution in [2.75, 3.05) is 0 Å². The highest BCUT2D eigenvalue weighted by Gasteiger charge is 2.32. The maximum atomic E-state index is 11.7. The molecule has 3 rings (SSSR count). The lowest BCUT2D eigenvalue weighted by molar-refractivity contribution is -0.130. The van der Waals surface area contributed by atoms with E-state index >= 15 is 0 Å². The summed E-state index contributed by atoms with van der Waals surface area (Å²) >= 11 is 1.65. The maximum absolute atomic E-state index is 11.7. The predicted molar refractivity (Wildman–Crippen MR) is 74.2 cm³/mol. The molecule has 1 unspecified atom stereocenters. The molecular formula is C14H14N2O2S. The number of nitrogens with zero attached hydrogens (tertiary/aromatic N) is 2. The molecule has 0 aromatic carbocycles. The largest absolute Gasteiger partial charge is 0.460 e. The third kappa shape index (κ3) is 2.21. The van der Waals surface area contributed by atoms with E-state index in [2.05, 4.69) is 5.10 Å². The third-order valence-electron chi connectivity index (χ3n) is 3.13. The minimum Gasteiger partial charge on any atom is -0.460 e. The van der Waals surface area contributed by atoms with E-state index in [0.29, 0.717) is 6.42 Å². The van der Waals surface area contributed by atoms with Gasteiger partial charge in [-0.2, -0.15) is 5.10 Å². The molecule has 0 fully saturated rings. The lowest BCUT2D eigenvalue weighted by Crippen LogP contribution is -2.23. The average molecular weight is 274 g/mol. The van der Waals surface area contributed by atoms with Crippen LogP contribution in [0.15, 0.2) is 39.2 Å². The van der Waals surface area contributed by atoms with Crippen molar-refractivity contribution in [3.63, 3.8) is 0 Å². The van der Waals surface area contributed by atoms with Gasteiger partial charge in [-0.3, -0.25) is 4.79 Å². The van der Waals surface area contributed by atoms with E-state index in [1.807, 2.05) is 36.6 Å². The molecule has 1 atom stereocenters. The molecule has 1 amide bonds. The zero-order valence-electron chi connectivity index (χ0n) is 10.8. The van der Waals surface area contributed by atoms with Crippen molar-refractivity contribution in [1.29, 1.82) is 0 Å². The number of hydrogen-bond donors (Lipinski definition) is 0. The van der Waals surface area contributed by atoms with Gasteiger partial charge in [0.1, 0.15) is 17.2 Å². The minimum absolute atomic E-state index is 0.00194. The van der Waals surface area contributed by atoms with Gasteiger partial charge in [0.15, 0.2) is 0 Å². The molecule has 0 spiro atoms. The molecule has 1 aliphatic heterocycles. The summed E-state index contributed by atoms with van der Waals surface area (Å²) in [6.07, 6.45) is 0.701. The minimum atomic E-state index is -0.0447. The summed E-state index contributed by atoms with van der Waals surface area (Å²) in [6.45, 7) is 3.44. The highest BCUT2D eigenvalue weighted by atomic mass is 32.1. The summed E-state index contributed by atoms with van der Waals surface area (Å²) in [7, 11) is 0. The fourth-order valence-corrected chi connectivity index (χ4v) is 3.05. The monoisotopic (exact) mass is 274 g/mol. The summed E-state index contributed by atoms with van der Waals surface area (Å²) in [4.78, 5) is 12.9. The number of thiophene rings is 1. The van der Waals surface area contributed by atoms with Gasteiger partial charge < -0.3 is 4.42 Å². The van der Waals surface area contributed by atoms with Crippen LogP contribution in [0.5, 0.6) is 0 Å². The third-order valence-corrected chi connectivity index (χ3v) is 4.10. The maximum Gasteiger partial charge on any atom is 0.240 e. The molecular weight excluding hydrogens is 260 g/mol. The van der Waals surface area contributed by atoms with Gasteiger partial charge in [0.05, 0.1) is 6.04 Å². The highest BCUT2D eigenvalue weighted by Crippen LogP contribution is 2.35. The first-order valence-corrected chi connectivity index (χ1v) is 7.00. The number of carbonyl (C=O) groups is 1. The van der Waals surface area contributed by atoms with E-state index in [-0.39, 0.29) is 11.9 Å². The molecule has 0 N–H and O–H groups in total. The van der Waals surface area contributed by atoms with Crippen LogP contribution in [0.25, 0.3) is 0 Å². The molecule has 0 aliphatic carbocycles. The Kier molecular flexibility index (Phi) is 2.98. The van der Waals surface area contributed by atoms with Crippen LogP contribution >= 0.6 is 11.3 Å². The highest BCUT2D eigenvalue weighted by molar-refractivity contribution is 7.10. The molecule has 0 saturated heterocycles. The number of hydrogen-bond acceptors (Lipinski definition) is 4. The van der Waals surface area contributed by atoms with Crippen LogP contribution in [0.1, 0.15) is 35.8 Å². The van der Waals surface area contributed by atoms with Crippen LogP contribution < -0.4 is 0 Å². The SMILES string of the molecule is CC(=O)N1N=C(c2ccc(C)o2)CC1c1cccs1. The first-order chi connectivity index (χ1) is 9.15. The van der Waals surface area contributed by atoms with Gasteiger partial charge in [0.2, 0.25) is 5.91 Å². The van der Waals surface area contributed by atoms with E-state index in [0.717, 1.165) is 22.1 Å². The van der Waals surface area contributed by atoms with Crippen LogP contribution in [-0.4, -0.2) is 16.6 Å². The Hall–Kier alpha value is -1.88. The van der Waals surface area contributed by atoms with Crippen LogP contribution in [-0.2, 0) is 4.79 Å². The van der Waals surface area contributed by atoms with E-state index in [1.54, 1.807) is 23.3 Å². The van der Waals surface area contributed by atoms with Crippen LogP contribution in [0, 0.1) is 6.92 Å². The molecule has 98 valence electrons. The fraction of sp³-hybridized carbons (Fsp3) is 0.286. The smallest absolute Gasteiger partial charge is 0.240 e. The molecule has 0 saturated carbocycles. The predicted octanol–water partition coefficient (Wildman–Crippen LogP) is 3.35. The van der Waals surface area contributed by atoms with Gasteiger partial charge in [0.25, 0.3) is 0 Å². The van der Waals surface area contributed by atoms with Gasteiger partial charge in [0, 0.05) is 18.2 Å². The van der Waals surface area contributed by atoms with Crippen molar-refractivity contribution in [1.82, 2.24) is 5.01 Å². The van der Waals surface area contributed by atoms with Crippen molar-refractivity contribution in [3.05, 3.63) is 46.0 Å². The van der Waals surface area contributed by atoms with Crippen LogP contribution in [0.3, 0.4) is 0 Å². The summed E-state index contributed by atoms with van der Waals surface area (Å²) in [5.74, 6) is 1.56. The van der Waals surface area contributed by atoms with Gasteiger partial charge in [-0.15, -0.1) is 11.3 Å². The zero-order valence-corrected chi connectivity index (χ0v) is 11.6. The molecule has 4 nitrogen and oxygen atoms in total. The van der Waals surface area contributed by atoms with Crippen LogP contribution in [0.4, 0.5) is 0 Å². The number of hydrazone groups is 1. The van der Waals surface area contributed by atoms with Gasteiger partial charge in [-0.1, -0.05) is 6.07 Å². The number of furan rings is 1. The Labute approximate surface area is 115 Å². The quantitative estimate of drug-likeness (QED) is 0.843. The van der Waals surface area contributed by atoms with E-state index in [9.17, 15) is 4.79 Å².